The predicted molar refractivity (Wildman–Crippen MR) is 73.2 cm³/mol. The topological polar surface area (TPSA) is 29.9 Å². The Morgan fingerprint density at radius 1 is 1.44 bits per heavy atom. The molecule has 0 unspecified atom stereocenters. The first-order valence-corrected chi connectivity index (χ1v) is 6.58. The summed E-state index contributed by atoms with van der Waals surface area (Å²) in [7, 11) is 0. The molecule has 1 aromatic carbocycles. The normalized spacial score (nSPS) is 11.2. The highest BCUT2D eigenvalue weighted by Gasteiger charge is 2.11. The molecule has 0 amide bonds. The van der Waals surface area contributed by atoms with E-state index in [1.807, 2.05) is 6.07 Å². The highest BCUT2D eigenvalue weighted by Crippen LogP contribution is 2.20. The number of hydrogen-bond acceptors (Lipinski definition) is 2. The fraction of sp³-hybridized carbons (Fsp3) is 0.308. The van der Waals surface area contributed by atoms with Crippen molar-refractivity contribution in [2.24, 2.45) is 0 Å². The van der Waals surface area contributed by atoms with Gasteiger partial charge in [0.1, 0.15) is 11.5 Å². The van der Waals surface area contributed by atoms with Gasteiger partial charge in [0.15, 0.2) is 0 Å². The quantitative estimate of drug-likeness (QED) is 0.939. The van der Waals surface area contributed by atoms with E-state index in [2.05, 4.69) is 40.2 Å². The van der Waals surface area contributed by atoms with Gasteiger partial charge >= 0.3 is 0 Å². The van der Waals surface area contributed by atoms with Crippen molar-refractivity contribution in [1.29, 1.82) is 0 Å². The second-order valence-electron chi connectivity index (χ2n) is 4.39. The molecule has 2 rings (SSSR count). The predicted octanol–water partition coefficient (Wildman–Crippen LogP) is 3.27. The number of aromatic nitrogens is 2. The lowest BCUT2D eigenvalue weighted by molar-refractivity contribution is 0.573. The summed E-state index contributed by atoms with van der Waals surface area (Å²) in [5.74, 6) is -0.270. The van der Waals surface area contributed by atoms with E-state index in [9.17, 15) is 4.39 Å². The van der Waals surface area contributed by atoms with Crippen molar-refractivity contribution in [2.45, 2.75) is 26.4 Å². The molecule has 18 heavy (non-hydrogen) atoms. The Bertz CT molecular complexity index is 537. The highest BCUT2D eigenvalue weighted by molar-refractivity contribution is 9.10. The van der Waals surface area contributed by atoms with Crippen LogP contribution in [0.3, 0.4) is 0 Å². The maximum atomic E-state index is 14.0. The van der Waals surface area contributed by atoms with E-state index in [4.69, 9.17) is 0 Å². The van der Waals surface area contributed by atoms with Gasteiger partial charge in [-0.2, -0.15) is 5.10 Å². The largest absolute Gasteiger partial charge is 0.310 e. The van der Waals surface area contributed by atoms with Crippen LogP contribution >= 0.6 is 15.9 Å². The van der Waals surface area contributed by atoms with Crippen LogP contribution in [0.25, 0.3) is 5.69 Å². The van der Waals surface area contributed by atoms with Crippen LogP contribution in [0.5, 0.6) is 0 Å². The lowest BCUT2D eigenvalue weighted by atomic mass is 10.1. The summed E-state index contributed by atoms with van der Waals surface area (Å²) in [4.78, 5) is 0. The second-order valence-corrected chi connectivity index (χ2v) is 5.30. The van der Waals surface area contributed by atoms with Gasteiger partial charge in [0.05, 0.1) is 10.7 Å². The summed E-state index contributed by atoms with van der Waals surface area (Å²) in [5, 5.41) is 7.42. The number of nitrogens with zero attached hydrogens (tertiary/aromatic N) is 2. The van der Waals surface area contributed by atoms with Gasteiger partial charge in [-0.15, -0.1) is 0 Å². The molecule has 1 aromatic heterocycles. The zero-order chi connectivity index (χ0) is 13.1. The van der Waals surface area contributed by atoms with E-state index in [0.717, 1.165) is 10.0 Å². The van der Waals surface area contributed by atoms with Gasteiger partial charge in [0.25, 0.3) is 0 Å². The Morgan fingerprint density at radius 2 is 2.22 bits per heavy atom. The van der Waals surface area contributed by atoms with Gasteiger partial charge in [-0.3, -0.25) is 0 Å². The SMILES string of the molecule is CC(C)NCc1cccc(F)c1-n1cc(Br)cn1. The summed E-state index contributed by atoms with van der Waals surface area (Å²) in [6, 6.07) is 5.42. The zero-order valence-corrected chi connectivity index (χ0v) is 11.9. The van der Waals surface area contributed by atoms with Crippen LogP contribution in [-0.4, -0.2) is 15.8 Å². The molecule has 5 heteroatoms. The molecule has 0 spiro atoms. The molecule has 1 heterocycles. The van der Waals surface area contributed by atoms with Crippen molar-refractivity contribution < 1.29 is 4.39 Å². The lowest BCUT2D eigenvalue weighted by Crippen LogP contribution is -2.23. The van der Waals surface area contributed by atoms with Gasteiger partial charge < -0.3 is 5.32 Å². The van der Waals surface area contributed by atoms with Crippen LogP contribution in [0.2, 0.25) is 0 Å². The smallest absolute Gasteiger partial charge is 0.149 e. The molecule has 1 N–H and O–H groups in total. The van der Waals surface area contributed by atoms with Crippen LogP contribution < -0.4 is 5.32 Å². The van der Waals surface area contributed by atoms with Gasteiger partial charge in [0, 0.05) is 18.8 Å². The third kappa shape index (κ3) is 2.97. The Hall–Kier alpha value is -1.20. The standard InChI is InChI=1S/C13H15BrFN3/c1-9(2)16-6-10-4-3-5-12(15)13(10)18-8-11(14)7-17-18/h3-5,7-9,16H,6H2,1-2H3. The van der Waals surface area contributed by atoms with Crippen molar-refractivity contribution in [2.75, 3.05) is 0 Å². The molecule has 0 aliphatic rings. The number of nitrogens with one attached hydrogen (secondary N) is 1. The molecular weight excluding hydrogens is 297 g/mol. The van der Waals surface area contributed by atoms with Crippen LogP contribution in [0.15, 0.2) is 35.1 Å². The second kappa shape index (κ2) is 5.63. The van der Waals surface area contributed by atoms with E-state index >= 15 is 0 Å². The Kier molecular flexibility index (Phi) is 4.14. The molecule has 0 atom stereocenters. The molecule has 0 bridgehead atoms. The third-order valence-corrected chi connectivity index (χ3v) is 2.96. The van der Waals surface area contributed by atoms with E-state index in [1.165, 1.54) is 6.07 Å². The van der Waals surface area contributed by atoms with Crippen molar-refractivity contribution >= 4 is 15.9 Å². The number of halogens is 2. The minimum Gasteiger partial charge on any atom is -0.310 e. The Morgan fingerprint density at radius 3 is 2.83 bits per heavy atom. The first kappa shape index (κ1) is 13.2. The number of hydrogen-bond donors (Lipinski definition) is 1. The van der Waals surface area contributed by atoms with Gasteiger partial charge in [-0.05, 0) is 27.6 Å². The molecule has 0 aliphatic carbocycles. The minimum atomic E-state index is -0.270. The van der Waals surface area contributed by atoms with E-state index in [0.29, 0.717) is 18.3 Å². The molecule has 0 radical (unpaired) electrons. The summed E-state index contributed by atoms with van der Waals surface area (Å²) in [5.41, 5.74) is 1.38. The number of rotatable bonds is 4. The summed E-state index contributed by atoms with van der Waals surface area (Å²) >= 11 is 3.32. The van der Waals surface area contributed by atoms with E-state index in [1.54, 1.807) is 23.1 Å². The third-order valence-electron chi connectivity index (χ3n) is 2.55. The number of para-hydroxylation sites is 1. The Labute approximate surface area is 114 Å². The zero-order valence-electron chi connectivity index (χ0n) is 10.3. The molecular formula is C13H15BrFN3. The lowest BCUT2D eigenvalue weighted by Gasteiger charge is -2.13. The maximum Gasteiger partial charge on any atom is 0.149 e. The number of benzene rings is 1. The molecule has 0 saturated heterocycles. The molecule has 0 aliphatic heterocycles. The fourth-order valence-electron chi connectivity index (χ4n) is 1.70. The van der Waals surface area contributed by atoms with Crippen LogP contribution in [0, 0.1) is 5.82 Å². The van der Waals surface area contributed by atoms with Crippen molar-refractivity contribution in [1.82, 2.24) is 15.1 Å². The van der Waals surface area contributed by atoms with E-state index < -0.39 is 0 Å². The van der Waals surface area contributed by atoms with Crippen LogP contribution in [0.4, 0.5) is 4.39 Å². The average Bonchev–Trinajstić information content (AvgIpc) is 2.72. The maximum absolute atomic E-state index is 14.0. The Balaban J connectivity index is 2.38. The monoisotopic (exact) mass is 311 g/mol. The molecule has 3 nitrogen and oxygen atoms in total. The van der Waals surface area contributed by atoms with Crippen molar-refractivity contribution in [3.8, 4) is 5.69 Å². The van der Waals surface area contributed by atoms with Crippen LogP contribution in [0.1, 0.15) is 19.4 Å². The molecule has 96 valence electrons. The summed E-state index contributed by atoms with van der Waals surface area (Å²) < 4.78 is 16.3. The minimum absolute atomic E-state index is 0.270. The van der Waals surface area contributed by atoms with E-state index in [-0.39, 0.29) is 5.82 Å². The highest BCUT2D eigenvalue weighted by atomic mass is 79.9. The van der Waals surface area contributed by atoms with Gasteiger partial charge in [-0.25, -0.2) is 9.07 Å². The first-order chi connectivity index (χ1) is 8.58. The molecule has 0 saturated carbocycles. The molecule has 2 aromatic rings. The van der Waals surface area contributed by atoms with Gasteiger partial charge in [-0.1, -0.05) is 26.0 Å². The van der Waals surface area contributed by atoms with Crippen LogP contribution in [-0.2, 0) is 6.54 Å². The summed E-state index contributed by atoms with van der Waals surface area (Å²) in [6.07, 6.45) is 3.39. The molecule has 0 fully saturated rings. The average molecular weight is 312 g/mol. The first-order valence-electron chi connectivity index (χ1n) is 5.79. The fourth-order valence-corrected chi connectivity index (χ4v) is 1.98. The van der Waals surface area contributed by atoms with Crippen molar-refractivity contribution in [3.05, 3.63) is 46.4 Å². The van der Waals surface area contributed by atoms with Gasteiger partial charge in [0.2, 0.25) is 0 Å². The van der Waals surface area contributed by atoms with Crippen molar-refractivity contribution in [3.63, 3.8) is 0 Å². The summed E-state index contributed by atoms with van der Waals surface area (Å²) in [6.45, 7) is 4.73.